The Balaban J connectivity index is 1.47. The molecule has 0 bridgehead atoms. The molecule has 0 saturated heterocycles. The molecule has 164 valence electrons. The van der Waals surface area contributed by atoms with Crippen LogP contribution in [-0.4, -0.2) is 22.0 Å². The van der Waals surface area contributed by atoms with E-state index in [1.807, 2.05) is 0 Å². The number of carbonyl (C=O) groups excluding carboxylic acids is 1. The molecule has 32 heavy (non-hydrogen) atoms. The zero-order valence-corrected chi connectivity index (χ0v) is 17.2. The number of amides is 1. The fourth-order valence-corrected chi connectivity index (χ4v) is 3.14. The van der Waals surface area contributed by atoms with E-state index >= 15 is 0 Å². The summed E-state index contributed by atoms with van der Waals surface area (Å²) in [5.41, 5.74) is 1.20. The summed E-state index contributed by atoms with van der Waals surface area (Å²) in [7, 11) is 0. The fraction of sp³-hybridized carbons (Fsp3) is 0.136. The second kappa shape index (κ2) is 8.51. The minimum Gasteiger partial charge on any atom is -0.481 e. The lowest BCUT2D eigenvalue weighted by Crippen LogP contribution is -2.30. The molecule has 2 aromatic heterocycles. The monoisotopic (exact) mass is 461 g/mol. The molecular weight excluding hydrogens is 447 g/mol. The van der Waals surface area contributed by atoms with Crippen LogP contribution in [0.2, 0.25) is 5.02 Å². The topological polar surface area (TPSA) is 77.2 Å². The third-order valence-electron chi connectivity index (χ3n) is 4.51. The number of alkyl halides is 3. The molecule has 0 aliphatic heterocycles. The van der Waals surface area contributed by atoms with Gasteiger partial charge in [0, 0.05) is 23.6 Å². The van der Waals surface area contributed by atoms with Crippen LogP contribution in [0.4, 0.5) is 18.9 Å². The number of ether oxygens (including phenoxy) is 1. The molecule has 0 aliphatic rings. The number of hydrogen-bond acceptors (Lipinski definition) is 5. The van der Waals surface area contributed by atoms with E-state index in [0.717, 1.165) is 17.7 Å². The van der Waals surface area contributed by atoms with Gasteiger partial charge in [-0.3, -0.25) is 9.78 Å². The van der Waals surface area contributed by atoms with Gasteiger partial charge in [-0.2, -0.15) is 13.2 Å². The van der Waals surface area contributed by atoms with Gasteiger partial charge >= 0.3 is 6.18 Å². The van der Waals surface area contributed by atoms with Crippen molar-refractivity contribution in [1.29, 1.82) is 0 Å². The van der Waals surface area contributed by atoms with Crippen LogP contribution < -0.4 is 10.1 Å². The Morgan fingerprint density at radius 3 is 2.59 bits per heavy atom. The number of pyridine rings is 1. The van der Waals surface area contributed by atoms with Crippen molar-refractivity contribution in [2.24, 2.45) is 0 Å². The van der Waals surface area contributed by atoms with Gasteiger partial charge in [-0.25, -0.2) is 4.98 Å². The third kappa shape index (κ3) is 4.67. The van der Waals surface area contributed by atoms with Crippen LogP contribution in [0, 0.1) is 0 Å². The van der Waals surface area contributed by atoms with E-state index in [0.29, 0.717) is 22.7 Å². The summed E-state index contributed by atoms with van der Waals surface area (Å²) in [6, 6.07) is 11.5. The molecule has 0 fully saturated rings. The maximum absolute atomic E-state index is 13.0. The highest BCUT2D eigenvalue weighted by Crippen LogP contribution is 2.37. The number of anilines is 1. The first-order valence-electron chi connectivity index (χ1n) is 9.36. The Morgan fingerprint density at radius 2 is 1.88 bits per heavy atom. The van der Waals surface area contributed by atoms with Gasteiger partial charge < -0.3 is 14.5 Å². The summed E-state index contributed by atoms with van der Waals surface area (Å²) in [6.07, 6.45) is -2.47. The standard InChI is InChI=1S/C22H15ClF3N3O3/c1-12(31-15-3-4-17(23)16(11-15)22(24,25)26)20(30)28-14-2-5-19-18(10-14)29-21(32-19)13-6-8-27-9-7-13/h2-12H,1H3,(H,28,30). The number of benzene rings is 2. The molecule has 4 aromatic rings. The summed E-state index contributed by atoms with van der Waals surface area (Å²) < 4.78 is 50.1. The van der Waals surface area contributed by atoms with Crippen molar-refractivity contribution in [3.63, 3.8) is 0 Å². The lowest BCUT2D eigenvalue weighted by molar-refractivity contribution is -0.137. The first-order chi connectivity index (χ1) is 15.2. The van der Waals surface area contributed by atoms with Crippen molar-refractivity contribution in [3.05, 3.63) is 71.5 Å². The zero-order valence-electron chi connectivity index (χ0n) is 16.5. The molecule has 0 aliphatic carbocycles. The predicted molar refractivity (Wildman–Crippen MR) is 112 cm³/mol. The van der Waals surface area contributed by atoms with Crippen LogP contribution in [0.5, 0.6) is 5.75 Å². The van der Waals surface area contributed by atoms with E-state index in [1.165, 1.54) is 13.0 Å². The fourth-order valence-electron chi connectivity index (χ4n) is 2.92. The predicted octanol–water partition coefficient (Wildman–Crippen LogP) is 5.97. The SMILES string of the molecule is CC(Oc1ccc(Cl)c(C(F)(F)F)c1)C(=O)Nc1ccc2oc(-c3ccncc3)nc2c1. The van der Waals surface area contributed by atoms with Crippen LogP contribution in [0.1, 0.15) is 12.5 Å². The van der Waals surface area contributed by atoms with E-state index < -0.39 is 28.8 Å². The summed E-state index contributed by atoms with van der Waals surface area (Å²) in [4.78, 5) is 20.8. The highest BCUT2D eigenvalue weighted by Gasteiger charge is 2.33. The lowest BCUT2D eigenvalue weighted by Gasteiger charge is -2.16. The Morgan fingerprint density at radius 1 is 1.12 bits per heavy atom. The number of halogens is 4. The van der Waals surface area contributed by atoms with Gasteiger partial charge in [-0.1, -0.05) is 11.6 Å². The first-order valence-corrected chi connectivity index (χ1v) is 9.74. The molecule has 1 atom stereocenters. The Kier molecular flexibility index (Phi) is 5.75. The smallest absolute Gasteiger partial charge is 0.417 e. The minimum atomic E-state index is -4.63. The van der Waals surface area contributed by atoms with E-state index in [9.17, 15) is 18.0 Å². The molecule has 0 radical (unpaired) electrons. The number of nitrogens with zero attached hydrogens (tertiary/aromatic N) is 2. The summed E-state index contributed by atoms with van der Waals surface area (Å²) in [5.74, 6) is -0.269. The molecule has 1 N–H and O–H groups in total. The van der Waals surface area contributed by atoms with E-state index in [2.05, 4.69) is 15.3 Å². The molecule has 6 nitrogen and oxygen atoms in total. The van der Waals surface area contributed by atoms with Crippen LogP contribution in [0.3, 0.4) is 0 Å². The molecule has 1 amide bonds. The number of fused-ring (bicyclic) bond motifs is 1. The molecule has 1 unspecified atom stereocenters. The molecule has 2 heterocycles. The van der Waals surface area contributed by atoms with Gasteiger partial charge in [-0.05, 0) is 55.5 Å². The van der Waals surface area contributed by atoms with Gasteiger partial charge in [0.15, 0.2) is 11.7 Å². The van der Waals surface area contributed by atoms with Crippen molar-refractivity contribution >= 4 is 34.3 Å². The Labute approximate surface area is 185 Å². The number of hydrogen-bond donors (Lipinski definition) is 1. The second-order valence-corrected chi connectivity index (χ2v) is 7.23. The second-order valence-electron chi connectivity index (χ2n) is 6.83. The van der Waals surface area contributed by atoms with Crippen molar-refractivity contribution in [2.45, 2.75) is 19.2 Å². The number of carbonyl (C=O) groups is 1. The van der Waals surface area contributed by atoms with Crippen LogP contribution >= 0.6 is 11.6 Å². The number of nitrogens with one attached hydrogen (secondary N) is 1. The highest BCUT2D eigenvalue weighted by atomic mass is 35.5. The number of rotatable bonds is 5. The van der Waals surface area contributed by atoms with Crippen molar-refractivity contribution in [2.75, 3.05) is 5.32 Å². The number of oxazole rings is 1. The van der Waals surface area contributed by atoms with Crippen molar-refractivity contribution in [1.82, 2.24) is 9.97 Å². The average Bonchev–Trinajstić information content (AvgIpc) is 3.18. The number of aromatic nitrogens is 2. The van der Waals surface area contributed by atoms with Gasteiger partial charge in [0.1, 0.15) is 11.3 Å². The van der Waals surface area contributed by atoms with Gasteiger partial charge in [0.25, 0.3) is 5.91 Å². The molecule has 2 aromatic carbocycles. The highest BCUT2D eigenvalue weighted by molar-refractivity contribution is 6.31. The van der Waals surface area contributed by atoms with E-state index in [4.69, 9.17) is 20.8 Å². The third-order valence-corrected chi connectivity index (χ3v) is 4.84. The van der Waals surface area contributed by atoms with Gasteiger partial charge in [0.05, 0.1) is 10.6 Å². The molecular formula is C22H15ClF3N3O3. The molecule has 4 rings (SSSR count). The summed E-state index contributed by atoms with van der Waals surface area (Å²) >= 11 is 5.60. The Bertz CT molecular complexity index is 1280. The maximum atomic E-state index is 13.0. The largest absolute Gasteiger partial charge is 0.481 e. The minimum absolute atomic E-state index is 0.127. The van der Waals surface area contributed by atoms with E-state index in [1.54, 1.807) is 42.7 Å². The van der Waals surface area contributed by atoms with Crippen LogP contribution in [-0.2, 0) is 11.0 Å². The van der Waals surface area contributed by atoms with Gasteiger partial charge in [-0.15, -0.1) is 0 Å². The normalized spacial score (nSPS) is 12.5. The van der Waals surface area contributed by atoms with Gasteiger partial charge in [0.2, 0.25) is 5.89 Å². The van der Waals surface area contributed by atoms with E-state index in [-0.39, 0.29) is 5.75 Å². The first kappa shape index (κ1) is 21.6. The van der Waals surface area contributed by atoms with Crippen molar-refractivity contribution in [3.8, 4) is 17.2 Å². The molecule has 0 spiro atoms. The van der Waals surface area contributed by atoms with Crippen LogP contribution in [0.25, 0.3) is 22.6 Å². The summed E-state index contributed by atoms with van der Waals surface area (Å²) in [6.45, 7) is 1.42. The average molecular weight is 462 g/mol. The molecule has 10 heteroatoms. The Hall–Kier alpha value is -3.59. The van der Waals surface area contributed by atoms with Crippen LogP contribution in [0.15, 0.2) is 65.3 Å². The van der Waals surface area contributed by atoms with Crippen molar-refractivity contribution < 1.29 is 27.1 Å². The quantitative estimate of drug-likeness (QED) is 0.396. The summed E-state index contributed by atoms with van der Waals surface area (Å²) in [5, 5.41) is 2.21. The molecule has 0 saturated carbocycles. The maximum Gasteiger partial charge on any atom is 0.417 e. The lowest BCUT2D eigenvalue weighted by atomic mass is 10.2. The zero-order chi connectivity index (χ0) is 22.9.